The van der Waals surface area contributed by atoms with Crippen LogP contribution >= 0.6 is 7.82 Å². The quantitative estimate of drug-likeness (QED) is 0.0197. The first-order valence-electron chi connectivity index (χ1n) is 31.8. The smallest absolute Gasteiger partial charge is 0.462 e. The summed E-state index contributed by atoms with van der Waals surface area (Å²) in [4.78, 5) is 48.7. The first-order valence-corrected chi connectivity index (χ1v) is 33.3. The molecule has 0 saturated heterocycles. The van der Waals surface area contributed by atoms with Gasteiger partial charge in [0.25, 0.3) is 0 Å². The molecule has 3 atom stereocenters. The molecule has 0 heterocycles. The van der Waals surface area contributed by atoms with E-state index in [0.717, 1.165) is 109 Å². The van der Waals surface area contributed by atoms with Crippen LogP contribution in [0.4, 0.5) is 0 Å². The van der Waals surface area contributed by atoms with Crippen molar-refractivity contribution in [2.75, 3.05) is 26.4 Å². The van der Waals surface area contributed by atoms with Gasteiger partial charge in [-0.15, -0.1) is 0 Å². The maximum atomic E-state index is 12.9. The molecule has 0 aliphatic heterocycles. The van der Waals surface area contributed by atoms with Crippen molar-refractivity contribution in [3.8, 4) is 0 Å². The Hall–Kier alpha value is -3.08. The van der Waals surface area contributed by atoms with Crippen molar-refractivity contribution in [1.29, 1.82) is 0 Å². The van der Waals surface area contributed by atoms with Crippen LogP contribution in [0.5, 0.6) is 0 Å². The van der Waals surface area contributed by atoms with Crippen molar-refractivity contribution in [1.82, 2.24) is 0 Å². The van der Waals surface area contributed by atoms with Gasteiger partial charge in [0.15, 0.2) is 6.10 Å². The van der Waals surface area contributed by atoms with E-state index in [2.05, 4.69) is 93.7 Å². The minimum atomic E-state index is -4.76. The largest absolute Gasteiger partial charge is 0.472 e. The topological polar surface area (TPSA) is 155 Å². The van der Waals surface area contributed by atoms with Crippen molar-refractivity contribution in [2.45, 2.75) is 303 Å². The van der Waals surface area contributed by atoms with Gasteiger partial charge in [-0.2, -0.15) is 0 Å². The number of phosphoric acid groups is 1. The van der Waals surface area contributed by atoms with Crippen LogP contribution in [0.1, 0.15) is 290 Å². The third kappa shape index (κ3) is 57.6. The van der Waals surface area contributed by atoms with Gasteiger partial charge in [-0.05, 0) is 109 Å². The molecule has 452 valence electrons. The standard InChI is InChI=1S/C66H117O11P/c1-4-7-10-13-16-19-22-25-28-30-31-33-35-37-40-43-46-49-52-55-64(68)73-59-63(77-66(70)57-54-51-48-45-42-39-36-32-29-26-23-20-17-14-11-8-5-2)61-75-78(71,72)74-60-62(58-67)76-65(69)56-53-50-47-44-41-38-34-27-24-21-18-15-12-9-6-3/h9,12,17-18,20-21,25-29,34,62-63,67H,4-8,10-11,13-16,19,22-24,30-33,35-61H2,1-3H3,(H,71,72)/b12-9-,20-17-,21-18-,28-25-,29-26-,34-27-. The van der Waals surface area contributed by atoms with E-state index in [9.17, 15) is 28.9 Å². The molecule has 2 N–H and O–H groups in total. The molecule has 0 spiro atoms. The Balaban J connectivity index is 4.72. The summed E-state index contributed by atoms with van der Waals surface area (Å²) >= 11 is 0. The van der Waals surface area contributed by atoms with Crippen molar-refractivity contribution in [2.24, 2.45) is 0 Å². The third-order valence-electron chi connectivity index (χ3n) is 13.6. The van der Waals surface area contributed by atoms with Crippen LogP contribution in [0, 0.1) is 0 Å². The lowest BCUT2D eigenvalue weighted by molar-refractivity contribution is -0.161. The summed E-state index contributed by atoms with van der Waals surface area (Å²) in [5, 5.41) is 9.84. The summed E-state index contributed by atoms with van der Waals surface area (Å²) in [5.41, 5.74) is 0. The second kappa shape index (κ2) is 60.0. The van der Waals surface area contributed by atoms with Crippen LogP contribution < -0.4 is 0 Å². The Labute approximate surface area is 478 Å². The highest BCUT2D eigenvalue weighted by atomic mass is 31.2. The number of aliphatic hydroxyl groups is 1. The number of hydrogen-bond acceptors (Lipinski definition) is 10. The van der Waals surface area contributed by atoms with E-state index in [1.807, 2.05) is 0 Å². The fourth-order valence-corrected chi connectivity index (χ4v) is 9.53. The molecule has 0 aliphatic carbocycles. The highest BCUT2D eigenvalue weighted by Crippen LogP contribution is 2.43. The second-order valence-corrected chi connectivity index (χ2v) is 22.6. The van der Waals surface area contributed by atoms with Gasteiger partial charge in [-0.25, -0.2) is 4.57 Å². The van der Waals surface area contributed by atoms with Gasteiger partial charge in [0.1, 0.15) is 12.7 Å². The number of allylic oxidation sites excluding steroid dienone is 12. The van der Waals surface area contributed by atoms with E-state index in [4.69, 9.17) is 23.3 Å². The molecule has 0 aliphatic rings. The molecule has 0 aromatic rings. The number of phosphoric ester groups is 1. The maximum absolute atomic E-state index is 12.9. The Kier molecular flexibility index (Phi) is 57.7. The Morgan fingerprint density at radius 2 is 0.667 bits per heavy atom. The van der Waals surface area contributed by atoms with Crippen molar-refractivity contribution in [3.05, 3.63) is 72.9 Å². The highest BCUT2D eigenvalue weighted by Gasteiger charge is 2.28. The summed E-state index contributed by atoms with van der Waals surface area (Å²) in [6.07, 6.45) is 68.5. The first kappa shape index (κ1) is 74.9. The number of rotatable bonds is 59. The van der Waals surface area contributed by atoms with E-state index in [-0.39, 0.29) is 25.9 Å². The predicted molar refractivity (Wildman–Crippen MR) is 325 cm³/mol. The zero-order chi connectivity index (χ0) is 56.9. The SMILES string of the molecule is CC/C=C\C/C=C\C/C=C\CCCCCCCC(=O)OC(CO)COP(=O)(O)OCC(COC(=O)CCCCCCCCCCC/C=C\CCCCCCCC)OC(=O)CCCCCCCCC/C=C\C/C=C\CCCCC. The fourth-order valence-electron chi connectivity index (χ4n) is 8.75. The van der Waals surface area contributed by atoms with Crippen molar-refractivity contribution < 1.29 is 52.2 Å². The lowest BCUT2D eigenvalue weighted by Crippen LogP contribution is -2.30. The second-order valence-electron chi connectivity index (χ2n) is 21.2. The predicted octanol–water partition coefficient (Wildman–Crippen LogP) is 19.3. The summed E-state index contributed by atoms with van der Waals surface area (Å²) in [5.74, 6) is -1.48. The third-order valence-corrected chi connectivity index (χ3v) is 14.5. The Morgan fingerprint density at radius 1 is 0.372 bits per heavy atom. The number of carbonyl (C=O) groups is 3. The van der Waals surface area contributed by atoms with E-state index in [0.29, 0.717) is 19.3 Å². The molecular weight excluding hydrogens is 1000 g/mol. The number of esters is 3. The summed E-state index contributed by atoms with van der Waals surface area (Å²) in [6, 6.07) is 0. The Bertz CT molecular complexity index is 1590. The Morgan fingerprint density at radius 3 is 1.06 bits per heavy atom. The molecule has 0 radical (unpaired) electrons. The van der Waals surface area contributed by atoms with Crippen molar-refractivity contribution in [3.63, 3.8) is 0 Å². The molecule has 0 rings (SSSR count). The monoisotopic (exact) mass is 1120 g/mol. The molecule has 0 fully saturated rings. The zero-order valence-electron chi connectivity index (χ0n) is 50.1. The van der Waals surface area contributed by atoms with E-state index in [1.165, 1.54) is 122 Å². The highest BCUT2D eigenvalue weighted by molar-refractivity contribution is 7.47. The number of aliphatic hydroxyl groups excluding tert-OH is 1. The van der Waals surface area contributed by atoms with Crippen LogP contribution in [0.3, 0.4) is 0 Å². The normalized spacial score (nSPS) is 13.8. The van der Waals surface area contributed by atoms with Crippen LogP contribution in [0.15, 0.2) is 72.9 Å². The van der Waals surface area contributed by atoms with Crippen LogP contribution in [0.2, 0.25) is 0 Å². The minimum absolute atomic E-state index is 0.156. The number of unbranched alkanes of at least 4 members (excludes halogenated alkanes) is 30. The number of hydrogen-bond donors (Lipinski definition) is 2. The summed E-state index contributed by atoms with van der Waals surface area (Å²) in [6.45, 7) is 4.51. The van der Waals surface area contributed by atoms with Gasteiger partial charge < -0.3 is 24.2 Å². The van der Waals surface area contributed by atoms with Gasteiger partial charge in [0, 0.05) is 19.3 Å². The first-order chi connectivity index (χ1) is 38.2. The lowest BCUT2D eigenvalue weighted by atomic mass is 10.1. The molecule has 12 heteroatoms. The molecule has 11 nitrogen and oxygen atoms in total. The van der Waals surface area contributed by atoms with Crippen LogP contribution in [-0.2, 0) is 42.2 Å². The average Bonchev–Trinajstić information content (AvgIpc) is 3.43. The molecule has 0 amide bonds. The molecule has 3 unspecified atom stereocenters. The fraction of sp³-hybridized carbons (Fsp3) is 0.773. The zero-order valence-corrected chi connectivity index (χ0v) is 51.0. The molecular formula is C66H117O11P. The molecule has 78 heavy (non-hydrogen) atoms. The van der Waals surface area contributed by atoms with Gasteiger partial charge >= 0.3 is 25.7 Å². The number of carbonyl (C=O) groups excluding carboxylic acids is 3. The van der Waals surface area contributed by atoms with Gasteiger partial charge in [-0.1, -0.05) is 235 Å². The van der Waals surface area contributed by atoms with Crippen LogP contribution in [0.25, 0.3) is 0 Å². The van der Waals surface area contributed by atoms with Gasteiger partial charge in [-0.3, -0.25) is 23.4 Å². The van der Waals surface area contributed by atoms with E-state index >= 15 is 0 Å². The van der Waals surface area contributed by atoms with E-state index < -0.39 is 57.8 Å². The average molecular weight is 1120 g/mol. The molecule has 0 aromatic carbocycles. The van der Waals surface area contributed by atoms with E-state index in [1.54, 1.807) is 0 Å². The van der Waals surface area contributed by atoms with Gasteiger partial charge in [0.05, 0.1) is 19.8 Å². The van der Waals surface area contributed by atoms with Crippen LogP contribution in [-0.4, -0.2) is 66.5 Å². The minimum Gasteiger partial charge on any atom is -0.462 e. The number of ether oxygens (including phenoxy) is 3. The lowest BCUT2D eigenvalue weighted by Gasteiger charge is -2.21. The summed E-state index contributed by atoms with van der Waals surface area (Å²) < 4.78 is 39.7. The van der Waals surface area contributed by atoms with Crippen molar-refractivity contribution >= 4 is 25.7 Å². The molecule has 0 saturated carbocycles. The maximum Gasteiger partial charge on any atom is 0.472 e. The summed E-state index contributed by atoms with van der Waals surface area (Å²) in [7, 11) is -4.76. The molecule has 0 bridgehead atoms. The van der Waals surface area contributed by atoms with Gasteiger partial charge in [0.2, 0.25) is 0 Å². The molecule has 0 aromatic heterocycles.